The lowest BCUT2D eigenvalue weighted by Crippen LogP contribution is -2.61. The molecule has 1 saturated heterocycles. The number of carboxylic acid groups (broad SMARTS) is 1. The van der Waals surface area contributed by atoms with Gasteiger partial charge in [0.05, 0.1) is 5.60 Å². The second kappa shape index (κ2) is 9.17. The first kappa shape index (κ1) is 22.5. The van der Waals surface area contributed by atoms with E-state index in [4.69, 9.17) is 14.6 Å². The van der Waals surface area contributed by atoms with E-state index in [0.717, 1.165) is 0 Å². The van der Waals surface area contributed by atoms with Crippen molar-refractivity contribution in [2.24, 2.45) is 5.92 Å². The molecule has 1 aliphatic heterocycles. The Labute approximate surface area is 163 Å². The lowest BCUT2D eigenvalue weighted by atomic mass is 9.80. The standard InChI is InChI=1S/C19H29NO8/c1-4-19(26,10(2)9-20-3)11-6-5-7-12(8-11)27-18-15(23)13(21)14(22)16(28-18)17(24)25/h5-8,10,13-16,18,20-23,26H,4,9H2,1-3H3,(H,24,25)/t10?,13-,14+,15?,16?,18-,19?/m1/s1. The van der Waals surface area contributed by atoms with Gasteiger partial charge in [-0.3, -0.25) is 0 Å². The number of carboxylic acids is 1. The van der Waals surface area contributed by atoms with E-state index in [2.05, 4.69) is 5.32 Å². The maximum atomic E-state index is 11.2. The number of aliphatic hydroxyl groups is 4. The van der Waals surface area contributed by atoms with Crippen LogP contribution in [-0.4, -0.2) is 75.8 Å². The first-order valence-corrected chi connectivity index (χ1v) is 9.22. The van der Waals surface area contributed by atoms with E-state index in [1.807, 2.05) is 13.8 Å². The van der Waals surface area contributed by atoms with Gasteiger partial charge >= 0.3 is 5.97 Å². The topological polar surface area (TPSA) is 149 Å². The van der Waals surface area contributed by atoms with Gasteiger partial charge < -0.3 is 40.3 Å². The molecule has 1 heterocycles. The minimum atomic E-state index is -1.79. The van der Waals surface area contributed by atoms with Gasteiger partial charge in [-0.1, -0.05) is 26.0 Å². The average Bonchev–Trinajstić information content (AvgIpc) is 2.67. The summed E-state index contributed by atoms with van der Waals surface area (Å²) in [5.41, 5.74) is -0.538. The smallest absolute Gasteiger partial charge is 0.335 e. The van der Waals surface area contributed by atoms with Gasteiger partial charge in [-0.2, -0.15) is 0 Å². The quantitative estimate of drug-likeness (QED) is 0.337. The van der Waals surface area contributed by atoms with E-state index < -0.39 is 42.3 Å². The number of benzene rings is 1. The van der Waals surface area contributed by atoms with Gasteiger partial charge in [0.2, 0.25) is 6.29 Å². The maximum absolute atomic E-state index is 11.2. The highest BCUT2D eigenvalue weighted by Gasteiger charge is 2.48. The molecule has 9 heteroatoms. The highest BCUT2D eigenvalue weighted by atomic mass is 16.7. The molecule has 1 fully saturated rings. The highest BCUT2D eigenvalue weighted by molar-refractivity contribution is 5.73. The Bertz CT molecular complexity index is 671. The second-order valence-electron chi connectivity index (χ2n) is 7.12. The molecule has 158 valence electrons. The summed E-state index contributed by atoms with van der Waals surface area (Å²) in [6.07, 6.45) is -7.97. The van der Waals surface area contributed by atoms with Crippen LogP contribution in [-0.2, 0) is 15.1 Å². The zero-order chi connectivity index (χ0) is 21.1. The predicted octanol–water partition coefficient (Wildman–Crippen LogP) is -0.589. The van der Waals surface area contributed by atoms with Crippen LogP contribution >= 0.6 is 0 Å². The third-order valence-electron chi connectivity index (χ3n) is 5.26. The van der Waals surface area contributed by atoms with Crippen molar-refractivity contribution in [3.8, 4) is 5.75 Å². The molecule has 9 nitrogen and oxygen atoms in total. The fourth-order valence-corrected chi connectivity index (χ4v) is 3.43. The van der Waals surface area contributed by atoms with Crippen molar-refractivity contribution in [1.82, 2.24) is 5.32 Å². The Morgan fingerprint density at radius 3 is 2.54 bits per heavy atom. The number of nitrogens with one attached hydrogen (secondary N) is 1. The highest BCUT2D eigenvalue weighted by Crippen LogP contribution is 2.35. The van der Waals surface area contributed by atoms with Crippen LogP contribution in [0.3, 0.4) is 0 Å². The molecule has 0 radical (unpaired) electrons. The number of carbonyl (C=O) groups is 1. The zero-order valence-corrected chi connectivity index (χ0v) is 16.1. The minimum absolute atomic E-state index is 0.109. The molecule has 0 aliphatic carbocycles. The normalized spacial score (nSPS) is 31.0. The summed E-state index contributed by atoms with van der Waals surface area (Å²) in [4.78, 5) is 11.2. The van der Waals surface area contributed by atoms with Crippen molar-refractivity contribution in [2.45, 2.75) is 56.6 Å². The Morgan fingerprint density at radius 2 is 1.96 bits per heavy atom. The molecule has 4 unspecified atom stereocenters. The number of rotatable bonds is 8. The van der Waals surface area contributed by atoms with Crippen LogP contribution in [0.2, 0.25) is 0 Å². The molecule has 0 bridgehead atoms. The molecular weight excluding hydrogens is 370 g/mol. The lowest BCUT2D eigenvalue weighted by Gasteiger charge is -2.38. The molecule has 6 N–H and O–H groups in total. The lowest BCUT2D eigenvalue weighted by molar-refractivity contribution is -0.271. The Hall–Kier alpha value is -1.75. The number of aliphatic carboxylic acids is 1. The fraction of sp³-hybridized carbons (Fsp3) is 0.632. The van der Waals surface area contributed by atoms with E-state index >= 15 is 0 Å². The number of hydrogen-bond acceptors (Lipinski definition) is 8. The Kier molecular flexibility index (Phi) is 7.38. The summed E-state index contributed by atoms with van der Waals surface area (Å²) in [7, 11) is 1.80. The van der Waals surface area contributed by atoms with Crippen LogP contribution < -0.4 is 10.1 Å². The zero-order valence-electron chi connectivity index (χ0n) is 16.1. The molecule has 0 amide bonds. The summed E-state index contributed by atoms with van der Waals surface area (Å²) < 4.78 is 10.7. The fourth-order valence-electron chi connectivity index (χ4n) is 3.43. The maximum Gasteiger partial charge on any atom is 0.335 e. The van der Waals surface area contributed by atoms with Crippen LogP contribution in [0.25, 0.3) is 0 Å². The van der Waals surface area contributed by atoms with Crippen molar-refractivity contribution in [3.05, 3.63) is 29.8 Å². The first-order chi connectivity index (χ1) is 13.2. The molecule has 0 saturated carbocycles. The number of hydrogen-bond donors (Lipinski definition) is 6. The number of aliphatic hydroxyl groups excluding tert-OH is 3. The van der Waals surface area contributed by atoms with Crippen LogP contribution in [0.15, 0.2) is 24.3 Å². The number of ether oxygens (including phenoxy) is 2. The predicted molar refractivity (Wildman–Crippen MR) is 98.7 cm³/mol. The third-order valence-corrected chi connectivity index (χ3v) is 5.26. The molecule has 0 spiro atoms. The third kappa shape index (κ3) is 4.45. The van der Waals surface area contributed by atoms with Gasteiger partial charge in [-0.15, -0.1) is 0 Å². The van der Waals surface area contributed by atoms with E-state index in [9.17, 15) is 25.2 Å². The summed E-state index contributed by atoms with van der Waals surface area (Å²) in [5, 5.41) is 53.0. The first-order valence-electron chi connectivity index (χ1n) is 9.22. The molecule has 0 aromatic heterocycles. The van der Waals surface area contributed by atoms with Gasteiger partial charge in [0.15, 0.2) is 6.10 Å². The van der Waals surface area contributed by atoms with Gasteiger partial charge in [0.1, 0.15) is 24.1 Å². The van der Waals surface area contributed by atoms with Crippen LogP contribution in [0.5, 0.6) is 5.75 Å². The van der Waals surface area contributed by atoms with E-state index in [-0.39, 0.29) is 11.7 Å². The van der Waals surface area contributed by atoms with Crippen molar-refractivity contribution in [1.29, 1.82) is 0 Å². The van der Waals surface area contributed by atoms with Crippen molar-refractivity contribution in [2.75, 3.05) is 13.6 Å². The Balaban J connectivity index is 2.25. The van der Waals surface area contributed by atoms with Crippen molar-refractivity contribution >= 4 is 5.97 Å². The van der Waals surface area contributed by atoms with Crippen LogP contribution in [0.4, 0.5) is 0 Å². The Morgan fingerprint density at radius 1 is 1.29 bits per heavy atom. The van der Waals surface area contributed by atoms with Gasteiger partial charge in [-0.25, -0.2) is 4.79 Å². The molecule has 1 aliphatic rings. The van der Waals surface area contributed by atoms with Crippen LogP contribution in [0, 0.1) is 5.92 Å². The SMILES string of the molecule is CCC(O)(c1cccc(O[C@@H]2OC(C(=O)O)[C@@H](O)[C@@H](O)C2O)c1)C(C)CNC. The molecule has 7 atom stereocenters. The summed E-state index contributed by atoms with van der Waals surface area (Å²) >= 11 is 0. The molecule has 2 rings (SSSR count). The van der Waals surface area contributed by atoms with Crippen molar-refractivity contribution < 1.29 is 39.8 Å². The largest absolute Gasteiger partial charge is 0.479 e. The van der Waals surface area contributed by atoms with Gasteiger partial charge in [0.25, 0.3) is 0 Å². The van der Waals surface area contributed by atoms with Crippen LogP contribution in [0.1, 0.15) is 25.8 Å². The van der Waals surface area contributed by atoms with Crippen molar-refractivity contribution in [3.63, 3.8) is 0 Å². The monoisotopic (exact) mass is 399 g/mol. The van der Waals surface area contributed by atoms with E-state index in [1.54, 1.807) is 31.3 Å². The molecule has 1 aromatic rings. The summed E-state index contributed by atoms with van der Waals surface area (Å²) in [6.45, 7) is 4.36. The van der Waals surface area contributed by atoms with E-state index in [0.29, 0.717) is 18.5 Å². The summed E-state index contributed by atoms with van der Waals surface area (Å²) in [6, 6.07) is 6.55. The molecule has 1 aromatic carbocycles. The molecule has 28 heavy (non-hydrogen) atoms. The van der Waals surface area contributed by atoms with E-state index in [1.165, 1.54) is 0 Å². The minimum Gasteiger partial charge on any atom is -0.479 e. The van der Waals surface area contributed by atoms with Gasteiger partial charge in [0, 0.05) is 12.5 Å². The summed E-state index contributed by atoms with van der Waals surface area (Å²) in [5.74, 6) is -1.37. The molecular formula is C19H29NO8. The second-order valence-corrected chi connectivity index (χ2v) is 7.12. The average molecular weight is 399 g/mol. The van der Waals surface area contributed by atoms with Gasteiger partial charge in [-0.05, 0) is 31.2 Å².